The molecule has 102 valence electrons. The Kier molecular flexibility index (Phi) is 7.09. The van der Waals surface area contributed by atoms with Gasteiger partial charge in [0.2, 0.25) is 0 Å². The largest absolute Gasteiger partial charge is 0.314 e. The third-order valence-corrected chi connectivity index (χ3v) is 3.88. The van der Waals surface area contributed by atoms with Crippen LogP contribution in [0.15, 0.2) is 0 Å². The molecule has 0 radical (unpaired) electrons. The second-order valence-electron chi connectivity index (χ2n) is 5.68. The van der Waals surface area contributed by atoms with Crippen LogP contribution in [0, 0.1) is 0 Å². The monoisotopic (exact) mass is 241 g/mol. The van der Waals surface area contributed by atoms with Crippen LogP contribution in [0.5, 0.6) is 0 Å². The number of hydrogen-bond donors (Lipinski definition) is 1. The van der Waals surface area contributed by atoms with Crippen molar-refractivity contribution in [2.24, 2.45) is 0 Å². The van der Waals surface area contributed by atoms with Gasteiger partial charge in [-0.1, -0.05) is 6.92 Å². The average Bonchev–Trinajstić information content (AvgIpc) is 2.69. The van der Waals surface area contributed by atoms with Crippen molar-refractivity contribution >= 4 is 0 Å². The lowest BCUT2D eigenvalue weighted by Crippen LogP contribution is -2.38. The van der Waals surface area contributed by atoms with Crippen LogP contribution in [0.25, 0.3) is 0 Å². The number of hydrogen-bond acceptors (Lipinski definition) is 3. The molecule has 1 rings (SSSR count). The maximum Gasteiger partial charge on any atom is 0.0220 e. The lowest BCUT2D eigenvalue weighted by Gasteiger charge is -2.26. The molecule has 1 fully saturated rings. The predicted octanol–water partition coefficient (Wildman–Crippen LogP) is 1.79. The van der Waals surface area contributed by atoms with Gasteiger partial charge in [-0.25, -0.2) is 0 Å². The van der Waals surface area contributed by atoms with Crippen LogP contribution in [0.3, 0.4) is 0 Å². The summed E-state index contributed by atoms with van der Waals surface area (Å²) in [6, 6.07) is 1.44. The molecule has 0 aromatic heterocycles. The molecule has 2 atom stereocenters. The van der Waals surface area contributed by atoms with Gasteiger partial charge in [0.25, 0.3) is 0 Å². The molecule has 2 unspecified atom stereocenters. The molecule has 0 saturated carbocycles. The van der Waals surface area contributed by atoms with Gasteiger partial charge in [-0.15, -0.1) is 0 Å². The van der Waals surface area contributed by atoms with Crippen LogP contribution in [0.4, 0.5) is 0 Å². The normalized spacial score (nSPS) is 23.5. The smallest absolute Gasteiger partial charge is 0.0220 e. The zero-order valence-corrected chi connectivity index (χ0v) is 12.2. The summed E-state index contributed by atoms with van der Waals surface area (Å²) in [6.07, 6.45) is 5.24. The molecule has 1 aliphatic rings. The quantitative estimate of drug-likeness (QED) is 0.699. The van der Waals surface area contributed by atoms with Gasteiger partial charge in [0, 0.05) is 18.6 Å². The molecule has 1 saturated heterocycles. The van der Waals surface area contributed by atoms with Crippen LogP contribution < -0.4 is 5.32 Å². The molecule has 1 N–H and O–H groups in total. The first-order chi connectivity index (χ1) is 8.13. The van der Waals surface area contributed by atoms with Crippen LogP contribution in [0.1, 0.15) is 39.5 Å². The van der Waals surface area contributed by atoms with E-state index in [0.717, 1.165) is 12.6 Å². The fourth-order valence-corrected chi connectivity index (χ4v) is 2.57. The molecule has 0 spiro atoms. The highest BCUT2D eigenvalue weighted by molar-refractivity contribution is 4.79. The summed E-state index contributed by atoms with van der Waals surface area (Å²) < 4.78 is 0. The molecular formula is C14H31N3. The zero-order chi connectivity index (χ0) is 12.7. The van der Waals surface area contributed by atoms with Crippen molar-refractivity contribution in [3.8, 4) is 0 Å². The minimum atomic E-state index is 0.652. The molecule has 0 aliphatic carbocycles. The summed E-state index contributed by atoms with van der Waals surface area (Å²) in [6.45, 7) is 9.40. The highest BCUT2D eigenvalue weighted by atomic mass is 15.2. The first kappa shape index (κ1) is 14.9. The maximum absolute atomic E-state index is 3.55. The van der Waals surface area contributed by atoms with E-state index < -0.39 is 0 Å². The number of likely N-dealkylation sites (N-methyl/N-ethyl adjacent to an activating group) is 2. The van der Waals surface area contributed by atoms with Crippen molar-refractivity contribution in [3.63, 3.8) is 0 Å². The Morgan fingerprint density at radius 3 is 2.82 bits per heavy atom. The predicted molar refractivity (Wildman–Crippen MR) is 75.5 cm³/mol. The Hall–Kier alpha value is -0.120. The van der Waals surface area contributed by atoms with Gasteiger partial charge in [0.15, 0.2) is 0 Å². The Labute approximate surface area is 108 Å². The number of nitrogens with zero attached hydrogens (tertiary/aromatic N) is 2. The van der Waals surface area contributed by atoms with Gasteiger partial charge in [-0.3, -0.25) is 0 Å². The molecule has 3 nitrogen and oxygen atoms in total. The summed E-state index contributed by atoms with van der Waals surface area (Å²) >= 11 is 0. The molecule has 17 heavy (non-hydrogen) atoms. The van der Waals surface area contributed by atoms with Gasteiger partial charge >= 0.3 is 0 Å². The first-order valence-electron chi connectivity index (χ1n) is 7.25. The van der Waals surface area contributed by atoms with Crippen molar-refractivity contribution in [1.82, 2.24) is 15.1 Å². The number of likely N-dealkylation sites (tertiary alicyclic amines) is 1. The van der Waals surface area contributed by atoms with Crippen molar-refractivity contribution in [3.05, 3.63) is 0 Å². The summed E-state index contributed by atoms with van der Waals surface area (Å²) in [7, 11) is 4.52. The Morgan fingerprint density at radius 1 is 1.47 bits per heavy atom. The van der Waals surface area contributed by atoms with E-state index in [2.05, 4.69) is 43.1 Å². The molecular weight excluding hydrogens is 210 g/mol. The zero-order valence-electron chi connectivity index (χ0n) is 12.2. The maximum atomic E-state index is 3.55. The summed E-state index contributed by atoms with van der Waals surface area (Å²) in [5, 5.41) is 3.55. The second kappa shape index (κ2) is 8.06. The first-order valence-corrected chi connectivity index (χ1v) is 7.25. The Morgan fingerprint density at radius 2 is 2.24 bits per heavy atom. The molecule has 3 heteroatoms. The highest BCUT2D eigenvalue weighted by Gasteiger charge is 2.21. The van der Waals surface area contributed by atoms with Gasteiger partial charge in [-0.05, 0) is 66.3 Å². The van der Waals surface area contributed by atoms with Crippen molar-refractivity contribution in [1.29, 1.82) is 0 Å². The fraction of sp³-hybridized carbons (Fsp3) is 1.00. The van der Waals surface area contributed by atoms with E-state index in [0.29, 0.717) is 6.04 Å². The third-order valence-electron chi connectivity index (χ3n) is 3.88. The lowest BCUT2D eigenvalue weighted by atomic mass is 10.2. The van der Waals surface area contributed by atoms with Gasteiger partial charge in [-0.2, -0.15) is 0 Å². The van der Waals surface area contributed by atoms with Crippen LogP contribution in [-0.2, 0) is 0 Å². The molecule has 1 aliphatic heterocycles. The van der Waals surface area contributed by atoms with Crippen molar-refractivity contribution in [2.75, 3.05) is 40.3 Å². The summed E-state index contributed by atoms with van der Waals surface area (Å²) in [4.78, 5) is 5.01. The van der Waals surface area contributed by atoms with E-state index >= 15 is 0 Å². The molecule has 0 aromatic carbocycles. The van der Waals surface area contributed by atoms with E-state index in [-0.39, 0.29) is 0 Å². The van der Waals surface area contributed by atoms with Crippen LogP contribution >= 0.6 is 0 Å². The highest BCUT2D eigenvalue weighted by Crippen LogP contribution is 2.15. The van der Waals surface area contributed by atoms with Crippen LogP contribution in [-0.4, -0.2) is 62.2 Å². The van der Waals surface area contributed by atoms with Gasteiger partial charge in [0.1, 0.15) is 0 Å². The fourth-order valence-electron chi connectivity index (χ4n) is 2.57. The van der Waals surface area contributed by atoms with E-state index in [4.69, 9.17) is 0 Å². The number of rotatable bonds is 8. The standard InChI is InChI=1S/C14H31N3/c1-5-9-15-13(2)8-11-16(3)12-14-7-6-10-17(14)4/h13-15H,5-12H2,1-4H3. The molecule has 0 bridgehead atoms. The minimum Gasteiger partial charge on any atom is -0.314 e. The lowest BCUT2D eigenvalue weighted by molar-refractivity contribution is 0.214. The van der Waals surface area contributed by atoms with E-state index in [1.165, 1.54) is 45.3 Å². The second-order valence-corrected chi connectivity index (χ2v) is 5.68. The van der Waals surface area contributed by atoms with Crippen molar-refractivity contribution in [2.45, 2.75) is 51.6 Å². The summed E-state index contributed by atoms with van der Waals surface area (Å²) in [5.74, 6) is 0. The number of nitrogens with one attached hydrogen (secondary N) is 1. The minimum absolute atomic E-state index is 0.652. The van der Waals surface area contributed by atoms with Crippen LogP contribution in [0.2, 0.25) is 0 Å². The Balaban J connectivity index is 2.09. The van der Waals surface area contributed by atoms with E-state index in [9.17, 15) is 0 Å². The SMILES string of the molecule is CCCNC(C)CCN(C)CC1CCCN1C. The summed E-state index contributed by atoms with van der Waals surface area (Å²) in [5.41, 5.74) is 0. The Bertz CT molecular complexity index is 196. The van der Waals surface area contributed by atoms with E-state index in [1.54, 1.807) is 0 Å². The molecule has 0 amide bonds. The molecule has 1 heterocycles. The topological polar surface area (TPSA) is 18.5 Å². The third kappa shape index (κ3) is 5.84. The molecule has 0 aromatic rings. The van der Waals surface area contributed by atoms with Crippen molar-refractivity contribution < 1.29 is 0 Å². The van der Waals surface area contributed by atoms with E-state index in [1.807, 2.05) is 0 Å². The van der Waals surface area contributed by atoms with Gasteiger partial charge in [0.05, 0.1) is 0 Å². The van der Waals surface area contributed by atoms with Gasteiger partial charge < -0.3 is 15.1 Å². The average molecular weight is 241 g/mol.